The average molecular weight is 381 g/mol. The third-order valence-electron chi connectivity index (χ3n) is 4.43. The molecule has 0 spiro atoms. The Kier molecular flexibility index (Phi) is 5.75. The number of urea groups is 1. The highest BCUT2D eigenvalue weighted by molar-refractivity contribution is 7.99. The fourth-order valence-corrected chi connectivity index (χ4v) is 3.76. The minimum absolute atomic E-state index is 0.0988. The van der Waals surface area contributed by atoms with Gasteiger partial charge in [0.1, 0.15) is 6.33 Å². The fraction of sp³-hybridized carbons (Fsp3) is 0.471. The number of aryl methyl sites for hydroxylation is 1. The molecule has 9 heteroatoms. The summed E-state index contributed by atoms with van der Waals surface area (Å²) in [4.78, 5) is 13.8. The van der Waals surface area contributed by atoms with E-state index in [9.17, 15) is 13.6 Å². The summed E-state index contributed by atoms with van der Waals surface area (Å²) in [6.45, 7) is 2.51. The lowest BCUT2D eigenvalue weighted by Crippen LogP contribution is -2.33. The van der Waals surface area contributed by atoms with Crippen molar-refractivity contribution < 1.29 is 13.6 Å². The molecule has 1 saturated heterocycles. The van der Waals surface area contributed by atoms with Gasteiger partial charge < -0.3 is 14.8 Å². The van der Waals surface area contributed by atoms with Gasteiger partial charge in [0.15, 0.2) is 5.16 Å². The van der Waals surface area contributed by atoms with E-state index >= 15 is 0 Å². The summed E-state index contributed by atoms with van der Waals surface area (Å²) in [5.41, 5.74) is 1.68. The van der Waals surface area contributed by atoms with E-state index in [2.05, 4.69) is 15.5 Å². The highest BCUT2D eigenvalue weighted by Gasteiger charge is 2.32. The predicted molar refractivity (Wildman–Crippen MR) is 96.4 cm³/mol. The number of carbonyl (C=O) groups is 1. The molecule has 0 radical (unpaired) electrons. The van der Waals surface area contributed by atoms with Crippen LogP contribution in [0.15, 0.2) is 35.7 Å². The number of amides is 2. The monoisotopic (exact) mass is 381 g/mol. The van der Waals surface area contributed by atoms with E-state index in [1.54, 1.807) is 24.2 Å². The molecule has 1 unspecified atom stereocenters. The highest BCUT2D eigenvalue weighted by atomic mass is 32.2. The first-order valence-electron chi connectivity index (χ1n) is 8.38. The van der Waals surface area contributed by atoms with Gasteiger partial charge >= 0.3 is 6.03 Å². The van der Waals surface area contributed by atoms with Gasteiger partial charge in [0.2, 0.25) is 6.43 Å². The van der Waals surface area contributed by atoms with E-state index in [0.29, 0.717) is 18.7 Å². The van der Waals surface area contributed by atoms with Crippen LogP contribution in [-0.2, 0) is 7.05 Å². The van der Waals surface area contributed by atoms with E-state index in [1.165, 1.54) is 4.90 Å². The van der Waals surface area contributed by atoms with Gasteiger partial charge in [0, 0.05) is 37.0 Å². The third-order valence-corrected chi connectivity index (χ3v) is 5.63. The third kappa shape index (κ3) is 4.32. The van der Waals surface area contributed by atoms with Crippen LogP contribution >= 0.6 is 11.8 Å². The summed E-state index contributed by atoms with van der Waals surface area (Å²) in [5, 5.41) is 11.7. The number of hydrogen-bond acceptors (Lipinski definition) is 4. The van der Waals surface area contributed by atoms with Crippen LogP contribution < -0.4 is 5.32 Å². The smallest absolute Gasteiger partial charge is 0.321 e. The van der Waals surface area contributed by atoms with Crippen molar-refractivity contribution in [1.82, 2.24) is 19.7 Å². The number of carbonyl (C=O) groups excluding carboxylic acids is 1. The SMILES string of the molecule is C[C@H](Sc1nncn1C)c1cccc(NC(=O)N2CCC(C(F)F)C2)c1. The Morgan fingerprint density at radius 1 is 1.42 bits per heavy atom. The second-order valence-electron chi connectivity index (χ2n) is 6.37. The molecule has 0 bridgehead atoms. The molecule has 6 nitrogen and oxygen atoms in total. The molecular formula is C17H21F2N5OS. The van der Waals surface area contributed by atoms with Crippen LogP contribution in [0.25, 0.3) is 0 Å². The number of nitrogens with one attached hydrogen (secondary N) is 1. The molecule has 2 heterocycles. The molecular weight excluding hydrogens is 360 g/mol. The van der Waals surface area contributed by atoms with Gasteiger partial charge in [-0.3, -0.25) is 0 Å². The van der Waals surface area contributed by atoms with E-state index < -0.39 is 12.3 Å². The van der Waals surface area contributed by atoms with E-state index in [-0.39, 0.29) is 17.8 Å². The number of nitrogens with zero attached hydrogens (tertiary/aromatic N) is 4. The Morgan fingerprint density at radius 3 is 2.88 bits per heavy atom. The lowest BCUT2D eigenvalue weighted by Gasteiger charge is -2.18. The Labute approximate surface area is 155 Å². The van der Waals surface area contributed by atoms with E-state index in [1.807, 2.05) is 36.7 Å². The standard InChI is InChI=1S/C17H21F2N5OS/c1-11(26-17-22-20-10-23(17)2)12-4-3-5-14(8-12)21-16(25)24-7-6-13(9-24)15(18)19/h3-5,8,10-11,13,15H,6-7,9H2,1-2H3,(H,21,25)/t11-,13?/m0/s1. The Hall–Kier alpha value is -2.16. The van der Waals surface area contributed by atoms with Gasteiger partial charge in [0.25, 0.3) is 0 Å². The fourth-order valence-electron chi connectivity index (χ4n) is 2.85. The zero-order chi connectivity index (χ0) is 18.7. The number of hydrogen-bond donors (Lipinski definition) is 1. The highest BCUT2D eigenvalue weighted by Crippen LogP contribution is 2.34. The molecule has 3 rings (SSSR count). The summed E-state index contributed by atoms with van der Waals surface area (Å²) in [5.74, 6) is -0.727. The Bertz CT molecular complexity index is 769. The van der Waals surface area contributed by atoms with Crippen molar-refractivity contribution in [3.63, 3.8) is 0 Å². The maximum absolute atomic E-state index is 12.8. The van der Waals surface area contributed by atoms with Crippen molar-refractivity contribution in [2.45, 2.75) is 30.2 Å². The van der Waals surface area contributed by atoms with Crippen molar-refractivity contribution in [1.29, 1.82) is 0 Å². The minimum atomic E-state index is -2.38. The molecule has 0 saturated carbocycles. The van der Waals surface area contributed by atoms with Crippen LogP contribution in [0.5, 0.6) is 0 Å². The topological polar surface area (TPSA) is 63.1 Å². The first-order chi connectivity index (χ1) is 12.4. The summed E-state index contributed by atoms with van der Waals surface area (Å²) in [6, 6.07) is 7.20. The summed E-state index contributed by atoms with van der Waals surface area (Å²) in [7, 11) is 1.88. The molecule has 1 aromatic heterocycles. The Morgan fingerprint density at radius 2 is 2.23 bits per heavy atom. The lowest BCUT2D eigenvalue weighted by molar-refractivity contribution is 0.0829. The quantitative estimate of drug-likeness (QED) is 0.801. The van der Waals surface area contributed by atoms with Crippen molar-refractivity contribution in [3.8, 4) is 0 Å². The summed E-state index contributed by atoms with van der Waals surface area (Å²) >= 11 is 1.57. The first-order valence-corrected chi connectivity index (χ1v) is 9.26. The van der Waals surface area contributed by atoms with Crippen molar-refractivity contribution in [3.05, 3.63) is 36.2 Å². The molecule has 1 aromatic carbocycles. The zero-order valence-corrected chi connectivity index (χ0v) is 15.4. The maximum atomic E-state index is 12.8. The van der Waals surface area contributed by atoms with Crippen LogP contribution in [0, 0.1) is 5.92 Å². The Balaban J connectivity index is 1.62. The molecule has 2 atom stereocenters. The molecule has 140 valence electrons. The minimum Gasteiger partial charge on any atom is -0.324 e. The molecule has 0 aliphatic carbocycles. The van der Waals surface area contributed by atoms with Gasteiger partial charge in [-0.05, 0) is 31.0 Å². The van der Waals surface area contributed by atoms with Gasteiger partial charge in [-0.1, -0.05) is 23.9 Å². The van der Waals surface area contributed by atoms with E-state index in [4.69, 9.17) is 0 Å². The molecule has 1 aliphatic heterocycles. The number of alkyl halides is 2. The van der Waals surface area contributed by atoms with Gasteiger partial charge in [0.05, 0.1) is 0 Å². The molecule has 1 aliphatic rings. The van der Waals surface area contributed by atoms with Gasteiger partial charge in [-0.2, -0.15) is 0 Å². The molecule has 1 N–H and O–H groups in total. The van der Waals surface area contributed by atoms with Crippen LogP contribution in [-0.4, -0.2) is 45.2 Å². The van der Waals surface area contributed by atoms with E-state index in [0.717, 1.165) is 10.7 Å². The molecule has 2 aromatic rings. The second-order valence-corrected chi connectivity index (χ2v) is 7.68. The summed E-state index contributed by atoms with van der Waals surface area (Å²) < 4.78 is 27.4. The first kappa shape index (κ1) is 18.6. The van der Waals surface area contributed by atoms with Crippen molar-refractivity contribution >= 4 is 23.5 Å². The number of aromatic nitrogens is 3. The van der Waals surface area contributed by atoms with Crippen LogP contribution in [0.2, 0.25) is 0 Å². The predicted octanol–water partition coefficient (Wildman–Crippen LogP) is 3.79. The van der Waals surface area contributed by atoms with Crippen LogP contribution in [0.4, 0.5) is 19.3 Å². The number of rotatable bonds is 5. The van der Waals surface area contributed by atoms with Crippen molar-refractivity contribution in [2.75, 3.05) is 18.4 Å². The lowest BCUT2D eigenvalue weighted by atomic mass is 10.1. The molecule has 2 amide bonds. The molecule has 26 heavy (non-hydrogen) atoms. The largest absolute Gasteiger partial charge is 0.324 e. The molecule has 1 fully saturated rings. The number of anilines is 1. The van der Waals surface area contributed by atoms with Crippen molar-refractivity contribution in [2.24, 2.45) is 13.0 Å². The number of likely N-dealkylation sites (tertiary alicyclic amines) is 1. The summed E-state index contributed by atoms with van der Waals surface area (Å²) in [6.07, 6.45) is -0.389. The van der Waals surface area contributed by atoms with Gasteiger partial charge in [-0.25, -0.2) is 13.6 Å². The average Bonchev–Trinajstić information content (AvgIpc) is 3.25. The van der Waals surface area contributed by atoms with Gasteiger partial charge in [-0.15, -0.1) is 10.2 Å². The number of benzene rings is 1. The normalized spacial score (nSPS) is 18.3. The van der Waals surface area contributed by atoms with Crippen LogP contribution in [0.3, 0.4) is 0 Å². The number of halogens is 2. The maximum Gasteiger partial charge on any atom is 0.321 e. The van der Waals surface area contributed by atoms with Crippen LogP contribution in [0.1, 0.15) is 24.2 Å². The number of thioether (sulfide) groups is 1. The zero-order valence-electron chi connectivity index (χ0n) is 14.6. The second kappa shape index (κ2) is 8.03.